The first-order valence-corrected chi connectivity index (χ1v) is 10.3. The molecule has 0 radical (unpaired) electrons. The molecule has 4 aromatic rings. The molecule has 12 heteroatoms. The zero-order chi connectivity index (χ0) is 25.0. The lowest BCUT2D eigenvalue weighted by Gasteiger charge is -2.12. The van der Waals surface area contributed by atoms with Crippen LogP contribution in [0.25, 0.3) is 22.2 Å². The van der Waals surface area contributed by atoms with Crippen molar-refractivity contribution in [2.75, 3.05) is 18.5 Å². The van der Waals surface area contributed by atoms with Crippen molar-refractivity contribution in [3.05, 3.63) is 71.9 Å². The average Bonchev–Trinajstić information content (AvgIpc) is 2.86. The number of anilines is 2. The standard InChI is InChI=1S/C23H18F4N6O2/c24-9-14-7-15(22(35)29-5-6-34)10-32-21(14)13-1-2-16-17(3-4-28-18(16)8-13)33-20-12-30-19(11-31-20)23(25,26)27/h1-4,7-8,10-12,34H,5-6,9H2,(H,29,35)(H,28,31,33). The van der Waals surface area contributed by atoms with Gasteiger partial charge in [-0.05, 0) is 18.2 Å². The van der Waals surface area contributed by atoms with E-state index in [1.165, 1.54) is 18.5 Å². The number of carbonyl (C=O) groups is 1. The van der Waals surface area contributed by atoms with Gasteiger partial charge in [0.1, 0.15) is 12.5 Å². The van der Waals surface area contributed by atoms with Crippen LogP contribution in [0.15, 0.2) is 55.1 Å². The Morgan fingerprint density at radius 3 is 2.51 bits per heavy atom. The van der Waals surface area contributed by atoms with E-state index in [1.54, 1.807) is 24.3 Å². The van der Waals surface area contributed by atoms with E-state index in [-0.39, 0.29) is 30.1 Å². The van der Waals surface area contributed by atoms with Crippen LogP contribution in [0, 0.1) is 0 Å². The number of fused-ring (bicyclic) bond motifs is 1. The third kappa shape index (κ3) is 5.32. The molecule has 8 nitrogen and oxygen atoms in total. The first kappa shape index (κ1) is 24.0. The van der Waals surface area contributed by atoms with Gasteiger partial charge in [0.05, 0.1) is 41.5 Å². The number of rotatable bonds is 7. The number of nitrogens with one attached hydrogen (secondary N) is 2. The number of pyridine rings is 2. The van der Waals surface area contributed by atoms with Crippen molar-refractivity contribution in [2.45, 2.75) is 12.9 Å². The van der Waals surface area contributed by atoms with E-state index in [2.05, 4.69) is 30.6 Å². The summed E-state index contributed by atoms with van der Waals surface area (Å²) in [5.74, 6) is -0.360. The number of aromatic nitrogens is 4. The normalized spacial score (nSPS) is 11.5. The summed E-state index contributed by atoms with van der Waals surface area (Å²) in [6.45, 7) is -1.01. The minimum atomic E-state index is -4.58. The molecular weight excluding hydrogens is 468 g/mol. The van der Waals surface area contributed by atoms with Crippen molar-refractivity contribution in [3.63, 3.8) is 0 Å². The average molecular weight is 486 g/mol. The first-order chi connectivity index (χ1) is 16.8. The summed E-state index contributed by atoms with van der Waals surface area (Å²) in [5, 5.41) is 14.9. The van der Waals surface area contributed by atoms with Gasteiger partial charge in [-0.3, -0.25) is 14.8 Å². The Bertz CT molecular complexity index is 1360. The molecular formula is C23H18F4N6O2. The lowest BCUT2D eigenvalue weighted by atomic mass is 10.0. The van der Waals surface area contributed by atoms with Crippen LogP contribution in [0.3, 0.4) is 0 Å². The van der Waals surface area contributed by atoms with Gasteiger partial charge in [0.25, 0.3) is 5.91 Å². The second-order valence-corrected chi connectivity index (χ2v) is 7.34. The molecule has 0 aliphatic heterocycles. The highest BCUT2D eigenvalue weighted by molar-refractivity contribution is 5.96. The summed E-state index contributed by atoms with van der Waals surface area (Å²) < 4.78 is 51.9. The Morgan fingerprint density at radius 2 is 1.83 bits per heavy atom. The Labute approximate surface area is 196 Å². The molecule has 0 saturated heterocycles. The van der Waals surface area contributed by atoms with E-state index in [0.29, 0.717) is 34.0 Å². The fourth-order valence-corrected chi connectivity index (χ4v) is 3.35. The number of hydrogen-bond acceptors (Lipinski definition) is 7. The molecule has 0 fully saturated rings. The molecule has 1 aromatic carbocycles. The monoisotopic (exact) mass is 486 g/mol. The summed E-state index contributed by atoms with van der Waals surface area (Å²) in [4.78, 5) is 27.8. The van der Waals surface area contributed by atoms with Crippen molar-refractivity contribution < 1.29 is 27.5 Å². The Hall–Kier alpha value is -4.19. The number of benzene rings is 1. The van der Waals surface area contributed by atoms with Gasteiger partial charge in [-0.2, -0.15) is 13.2 Å². The van der Waals surface area contributed by atoms with E-state index in [0.717, 1.165) is 6.20 Å². The van der Waals surface area contributed by atoms with Gasteiger partial charge in [-0.25, -0.2) is 14.4 Å². The Balaban J connectivity index is 1.63. The fourth-order valence-electron chi connectivity index (χ4n) is 3.35. The van der Waals surface area contributed by atoms with Crippen LogP contribution in [0.2, 0.25) is 0 Å². The topological polar surface area (TPSA) is 113 Å². The molecule has 0 aliphatic rings. The van der Waals surface area contributed by atoms with Crippen LogP contribution in [0.1, 0.15) is 21.6 Å². The van der Waals surface area contributed by atoms with Crippen LogP contribution < -0.4 is 10.6 Å². The minimum Gasteiger partial charge on any atom is -0.395 e. The van der Waals surface area contributed by atoms with E-state index >= 15 is 0 Å². The SMILES string of the molecule is O=C(NCCO)c1cnc(-c2ccc3c(Nc4cnc(C(F)(F)F)cn4)ccnc3c2)c(CF)c1. The highest BCUT2D eigenvalue weighted by Gasteiger charge is 2.32. The maximum absolute atomic E-state index is 13.8. The number of nitrogens with zero attached hydrogens (tertiary/aromatic N) is 4. The van der Waals surface area contributed by atoms with E-state index < -0.39 is 24.5 Å². The lowest BCUT2D eigenvalue weighted by Crippen LogP contribution is -2.26. The predicted molar refractivity (Wildman–Crippen MR) is 120 cm³/mol. The number of amides is 1. The van der Waals surface area contributed by atoms with Crippen LogP contribution in [0.5, 0.6) is 0 Å². The molecule has 3 N–H and O–H groups in total. The summed E-state index contributed by atoms with van der Waals surface area (Å²) >= 11 is 0. The van der Waals surface area contributed by atoms with Gasteiger partial charge in [0, 0.05) is 35.5 Å². The molecule has 3 aromatic heterocycles. The molecule has 0 spiro atoms. The van der Waals surface area contributed by atoms with Gasteiger partial charge < -0.3 is 15.7 Å². The first-order valence-electron chi connectivity index (χ1n) is 10.3. The molecule has 0 saturated carbocycles. The molecule has 35 heavy (non-hydrogen) atoms. The second kappa shape index (κ2) is 9.97. The molecule has 3 heterocycles. The third-order valence-corrected chi connectivity index (χ3v) is 4.99. The van der Waals surface area contributed by atoms with Crippen LogP contribution in [-0.2, 0) is 12.9 Å². The smallest absolute Gasteiger partial charge is 0.395 e. The number of carbonyl (C=O) groups excluding carboxylic acids is 1. The van der Waals surface area contributed by atoms with E-state index in [9.17, 15) is 22.4 Å². The summed E-state index contributed by atoms with van der Waals surface area (Å²) in [7, 11) is 0. The quantitative estimate of drug-likeness (QED) is 0.338. The molecule has 0 atom stereocenters. The van der Waals surface area contributed by atoms with Crippen LogP contribution in [-0.4, -0.2) is 44.1 Å². The number of alkyl halides is 4. The number of halogens is 4. The third-order valence-electron chi connectivity index (χ3n) is 4.99. The van der Waals surface area contributed by atoms with Crippen molar-refractivity contribution >= 4 is 28.3 Å². The predicted octanol–water partition coefficient (Wildman–Crippen LogP) is 4.04. The highest BCUT2D eigenvalue weighted by Crippen LogP contribution is 2.31. The number of aliphatic hydroxyl groups excluding tert-OH is 1. The van der Waals surface area contributed by atoms with Crippen molar-refractivity contribution in [1.82, 2.24) is 25.3 Å². The summed E-state index contributed by atoms with van der Waals surface area (Å²) in [5.41, 5.74) is 1.22. The molecule has 1 amide bonds. The summed E-state index contributed by atoms with van der Waals surface area (Å²) in [6.07, 6.45) is -0.135. The Kier molecular flexibility index (Phi) is 6.82. The van der Waals surface area contributed by atoms with Gasteiger partial charge >= 0.3 is 6.18 Å². The van der Waals surface area contributed by atoms with E-state index in [4.69, 9.17) is 5.11 Å². The van der Waals surface area contributed by atoms with Crippen LogP contribution in [0.4, 0.5) is 29.1 Å². The van der Waals surface area contributed by atoms with Crippen molar-refractivity contribution in [2.24, 2.45) is 0 Å². The maximum Gasteiger partial charge on any atom is 0.434 e. The molecule has 4 rings (SSSR count). The molecule has 180 valence electrons. The lowest BCUT2D eigenvalue weighted by molar-refractivity contribution is -0.141. The van der Waals surface area contributed by atoms with Gasteiger partial charge in [-0.1, -0.05) is 12.1 Å². The maximum atomic E-state index is 13.8. The number of aliphatic hydroxyl groups is 1. The minimum absolute atomic E-state index is 0.0658. The fraction of sp³-hybridized carbons (Fsp3) is 0.174. The molecule has 0 aliphatic carbocycles. The van der Waals surface area contributed by atoms with E-state index in [1.807, 2.05) is 0 Å². The summed E-state index contributed by atoms with van der Waals surface area (Å²) in [6, 6.07) is 8.12. The van der Waals surface area contributed by atoms with Crippen molar-refractivity contribution in [1.29, 1.82) is 0 Å². The van der Waals surface area contributed by atoms with Gasteiger partial charge in [0.15, 0.2) is 5.69 Å². The Morgan fingerprint density at radius 1 is 1.00 bits per heavy atom. The van der Waals surface area contributed by atoms with Crippen LogP contribution >= 0.6 is 0 Å². The van der Waals surface area contributed by atoms with Gasteiger partial charge in [-0.15, -0.1) is 0 Å². The molecule has 0 unspecified atom stereocenters. The zero-order valence-corrected chi connectivity index (χ0v) is 18.0. The van der Waals surface area contributed by atoms with Crippen molar-refractivity contribution in [3.8, 4) is 11.3 Å². The zero-order valence-electron chi connectivity index (χ0n) is 18.0. The largest absolute Gasteiger partial charge is 0.434 e. The number of hydrogen-bond donors (Lipinski definition) is 3. The van der Waals surface area contributed by atoms with Gasteiger partial charge in [0.2, 0.25) is 0 Å². The molecule has 0 bridgehead atoms. The second-order valence-electron chi connectivity index (χ2n) is 7.34. The highest BCUT2D eigenvalue weighted by atomic mass is 19.4.